The third-order valence-electron chi connectivity index (χ3n) is 2.52. The van der Waals surface area contributed by atoms with Gasteiger partial charge < -0.3 is 10.1 Å². The number of benzene rings is 1. The molecule has 0 amide bonds. The second-order valence-corrected chi connectivity index (χ2v) is 5.47. The average Bonchev–Trinajstić information content (AvgIpc) is 2.33. The van der Waals surface area contributed by atoms with Gasteiger partial charge in [0.05, 0.1) is 12.7 Å². The van der Waals surface area contributed by atoms with Gasteiger partial charge in [0.15, 0.2) is 0 Å². The maximum absolute atomic E-state index is 13.3. The predicted molar refractivity (Wildman–Crippen MR) is 73.3 cm³/mol. The largest absolute Gasteiger partial charge is 0.493 e. The predicted octanol–water partition coefficient (Wildman–Crippen LogP) is 3.40. The lowest BCUT2D eigenvalue weighted by atomic mass is 10.1. The zero-order valence-electron chi connectivity index (χ0n) is 11.8. The summed E-state index contributed by atoms with van der Waals surface area (Å²) < 4.78 is 18.9. The van der Waals surface area contributed by atoms with E-state index in [1.54, 1.807) is 6.07 Å². The topological polar surface area (TPSA) is 45.0 Å². The monoisotopic (exact) mass is 264 g/mol. The van der Waals surface area contributed by atoms with Gasteiger partial charge in [0.1, 0.15) is 11.6 Å². The molecule has 0 radical (unpaired) electrons. The van der Waals surface area contributed by atoms with Gasteiger partial charge >= 0.3 is 0 Å². The van der Waals surface area contributed by atoms with E-state index in [1.807, 2.05) is 0 Å². The summed E-state index contributed by atoms with van der Waals surface area (Å²) in [6, 6.07) is 6.58. The normalized spacial score (nSPS) is 11.1. The van der Waals surface area contributed by atoms with Gasteiger partial charge in [0.2, 0.25) is 0 Å². The van der Waals surface area contributed by atoms with E-state index in [0.717, 1.165) is 5.56 Å². The highest BCUT2D eigenvalue weighted by Crippen LogP contribution is 2.20. The maximum Gasteiger partial charge on any atom is 0.123 e. The summed E-state index contributed by atoms with van der Waals surface area (Å²) in [6.07, 6.45) is 1.15. The molecule has 0 spiro atoms. The number of nitrogens with zero attached hydrogens (tertiary/aromatic N) is 1. The molecule has 19 heavy (non-hydrogen) atoms. The zero-order valence-corrected chi connectivity index (χ0v) is 11.8. The van der Waals surface area contributed by atoms with E-state index in [1.165, 1.54) is 12.1 Å². The molecule has 3 nitrogen and oxygen atoms in total. The first-order valence-electron chi connectivity index (χ1n) is 6.45. The minimum Gasteiger partial charge on any atom is -0.493 e. The van der Waals surface area contributed by atoms with Crippen LogP contribution in [0.5, 0.6) is 5.75 Å². The van der Waals surface area contributed by atoms with Gasteiger partial charge in [-0.3, -0.25) is 0 Å². The van der Waals surface area contributed by atoms with E-state index in [0.29, 0.717) is 31.7 Å². The molecule has 0 bridgehead atoms. The first-order chi connectivity index (χ1) is 8.92. The Labute approximate surface area is 114 Å². The van der Waals surface area contributed by atoms with Crippen molar-refractivity contribution in [2.45, 2.75) is 45.7 Å². The van der Waals surface area contributed by atoms with Gasteiger partial charge in [-0.15, -0.1) is 0 Å². The van der Waals surface area contributed by atoms with Crippen LogP contribution in [0.1, 0.15) is 39.2 Å². The Morgan fingerprint density at radius 2 is 2.11 bits per heavy atom. The Morgan fingerprint density at radius 3 is 2.74 bits per heavy atom. The molecule has 0 heterocycles. The highest BCUT2D eigenvalue weighted by Gasteiger charge is 2.11. The second kappa shape index (κ2) is 7.10. The van der Waals surface area contributed by atoms with Gasteiger partial charge in [-0.2, -0.15) is 5.26 Å². The van der Waals surface area contributed by atoms with Crippen LogP contribution < -0.4 is 10.1 Å². The van der Waals surface area contributed by atoms with E-state index in [9.17, 15) is 4.39 Å². The molecule has 0 aliphatic rings. The van der Waals surface area contributed by atoms with E-state index in [2.05, 4.69) is 32.2 Å². The van der Waals surface area contributed by atoms with Crippen LogP contribution in [0, 0.1) is 17.1 Å². The van der Waals surface area contributed by atoms with Gasteiger partial charge in [-0.25, -0.2) is 4.39 Å². The third kappa shape index (κ3) is 6.21. The summed E-state index contributed by atoms with van der Waals surface area (Å²) >= 11 is 0. The molecule has 4 heteroatoms. The van der Waals surface area contributed by atoms with Crippen molar-refractivity contribution in [3.05, 3.63) is 29.6 Å². The highest BCUT2D eigenvalue weighted by molar-refractivity contribution is 5.34. The first kappa shape index (κ1) is 15.5. The Balaban J connectivity index is 2.66. The fourth-order valence-corrected chi connectivity index (χ4v) is 1.52. The molecule has 0 aliphatic carbocycles. The standard InChI is InChI=1S/C15H21FN2O/c1-15(2,3)18-11-12-10-13(16)6-7-14(12)19-9-5-4-8-17/h6-7,10,18H,4-5,9,11H2,1-3H3. The zero-order chi connectivity index (χ0) is 14.3. The molecule has 0 saturated heterocycles. The quantitative estimate of drug-likeness (QED) is 0.801. The van der Waals surface area contributed by atoms with Crippen molar-refractivity contribution >= 4 is 0 Å². The first-order valence-corrected chi connectivity index (χ1v) is 6.45. The number of nitriles is 1. The highest BCUT2D eigenvalue weighted by atomic mass is 19.1. The van der Waals surface area contributed by atoms with Crippen molar-refractivity contribution in [2.24, 2.45) is 0 Å². The second-order valence-electron chi connectivity index (χ2n) is 5.47. The van der Waals surface area contributed by atoms with Crippen LogP contribution in [0.4, 0.5) is 4.39 Å². The van der Waals surface area contributed by atoms with Crippen LogP contribution in [-0.2, 0) is 6.54 Å². The van der Waals surface area contributed by atoms with Gasteiger partial charge in [-0.1, -0.05) is 0 Å². The molecule has 1 aromatic rings. The molecule has 0 aromatic heterocycles. The van der Waals surface area contributed by atoms with Gasteiger partial charge in [0.25, 0.3) is 0 Å². The minimum atomic E-state index is -0.268. The van der Waals surface area contributed by atoms with E-state index < -0.39 is 0 Å². The van der Waals surface area contributed by atoms with Crippen LogP contribution in [0.2, 0.25) is 0 Å². The van der Waals surface area contributed by atoms with Gasteiger partial charge in [-0.05, 0) is 45.4 Å². The Bertz CT molecular complexity index is 446. The van der Waals surface area contributed by atoms with Crippen LogP contribution in [0.3, 0.4) is 0 Å². The molecule has 1 N–H and O–H groups in total. The average molecular weight is 264 g/mol. The Morgan fingerprint density at radius 1 is 1.37 bits per heavy atom. The summed E-state index contributed by atoms with van der Waals surface area (Å²) in [7, 11) is 0. The Hall–Kier alpha value is -1.60. The van der Waals surface area contributed by atoms with Crippen LogP contribution >= 0.6 is 0 Å². The smallest absolute Gasteiger partial charge is 0.123 e. The minimum absolute atomic E-state index is 0.0373. The third-order valence-corrected chi connectivity index (χ3v) is 2.52. The fourth-order valence-electron chi connectivity index (χ4n) is 1.52. The molecule has 1 rings (SSSR count). The number of nitrogens with one attached hydrogen (secondary N) is 1. The lowest BCUT2D eigenvalue weighted by Crippen LogP contribution is -2.35. The molecule has 0 atom stereocenters. The molecule has 0 aliphatic heterocycles. The van der Waals surface area contributed by atoms with Crippen molar-refractivity contribution in [3.8, 4) is 11.8 Å². The molecule has 104 valence electrons. The summed E-state index contributed by atoms with van der Waals surface area (Å²) in [5, 5.41) is 11.8. The summed E-state index contributed by atoms with van der Waals surface area (Å²) in [6.45, 7) is 7.19. The van der Waals surface area contributed by atoms with Crippen LogP contribution in [0.15, 0.2) is 18.2 Å². The lowest BCUT2D eigenvalue weighted by Gasteiger charge is -2.21. The number of rotatable bonds is 6. The molecular formula is C15H21FN2O. The SMILES string of the molecule is CC(C)(C)NCc1cc(F)ccc1OCCCC#N. The molecule has 0 saturated carbocycles. The van der Waals surface area contributed by atoms with Crippen molar-refractivity contribution < 1.29 is 9.13 Å². The van der Waals surface area contributed by atoms with E-state index >= 15 is 0 Å². The van der Waals surface area contributed by atoms with E-state index in [-0.39, 0.29) is 11.4 Å². The number of hydrogen-bond donors (Lipinski definition) is 1. The maximum atomic E-state index is 13.3. The van der Waals surface area contributed by atoms with Crippen LogP contribution in [-0.4, -0.2) is 12.1 Å². The molecule has 0 fully saturated rings. The van der Waals surface area contributed by atoms with Crippen molar-refractivity contribution in [3.63, 3.8) is 0 Å². The van der Waals surface area contributed by atoms with Crippen molar-refractivity contribution in [1.82, 2.24) is 5.32 Å². The number of unbranched alkanes of at least 4 members (excludes halogenated alkanes) is 1. The number of ether oxygens (including phenoxy) is 1. The Kier molecular flexibility index (Phi) is 5.78. The summed E-state index contributed by atoms with van der Waals surface area (Å²) in [4.78, 5) is 0. The lowest BCUT2D eigenvalue weighted by molar-refractivity contribution is 0.306. The summed E-state index contributed by atoms with van der Waals surface area (Å²) in [5.74, 6) is 0.408. The number of halogens is 1. The molecule has 0 unspecified atom stereocenters. The van der Waals surface area contributed by atoms with E-state index in [4.69, 9.17) is 10.00 Å². The molecular weight excluding hydrogens is 243 g/mol. The van der Waals surface area contributed by atoms with Crippen molar-refractivity contribution in [1.29, 1.82) is 5.26 Å². The van der Waals surface area contributed by atoms with Crippen molar-refractivity contribution in [2.75, 3.05) is 6.61 Å². The summed E-state index contributed by atoms with van der Waals surface area (Å²) in [5.41, 5.74) is 0.761. The molecule has 1 aromatic carbocycles. The number of hydrogen-bond acceptors (Lipinski definition) is 3. The van der Waals surface area contributed by atoms with Gasteiger partial charge in [0, 0.05) is 24.1 Å². The fraction of sp³-hybridized carbons (Fsp3) is 0.533. The van der Waals surface area contributed by atoms with Crippen LogP contribution in [0.25, 0.3) is 0 Å².